The van der Waals surface area contributed by atoms with Gasteiger partial charge in [-0.1, -0.05) is 29.8 Å². The fourth-order valence-corrected chi connectivity index (χ4v) is 2.88. The number of aromatic amines is 1. The molecule has 1 atom stereocenters. The lowest BCUT2D eigenvalue weighted by Crippen LogP contribution is -2.27. The zero-order chi connectivity index (χ0) is 17.8. The van der Waals surface area contributed by atoms with Crippen LogP contribution in [-0.4, -0.2) is 15.9 Å². The van der Waals surface area contributed by atoms with E-state index in [2.05, 4.69) is 15.3 Å². The monoisotopic (exact) mass is 350 g/mol. The van der Waals surface area contributed by atoms with Crippen molar-refractivity contribution >= 4 is 34.6 Å². The Balaban J connectivity index is 1.84. The van der Waals surface area contributed by atoms with Crippen LogP contribution in [0.25, 0.3) is 17.1 Å². The van der Waals surface area contributed by atoms with Crippen LogP contribution in [0.3, 0.4) is 0 Å². The number of aromatic nitrogens is 2. The first-order valence-electron chi connectivity index (χ1n) is 7.69. The van der Waals surface area contributed by atoms with Crippen molar-refractivity contribution in [1.29, 1.82) is 5.26 Å². The van der Waals surface area contributed by atoms with Crippen LogP contribution in [0, 0.1) is 11.3 Å². The number of pyridine rings is 1. The number of hydrogen-bond donors (Lipinski definition) is 2. The lowest BCUT2D eigenvalue weighted by Gasteiger charge is -2.15. The number of benzene rings is 1. The van der Waals surface area contributed by atoms with Crippen molar-refractivity contribution in [2.45, 2.75) is 13.0 Å². The molecule has 0 unspecified atom stereocenters. The molecule has 0 aliphatic rings. The Morgan fingerprint density at radius 2 is 2.16 bits per heavy atom. The van der Waals surface area contributed by atoms with E-state index < -0.39 is 5.91 Å². The molecule has 1 aromatic carbocycles. The number of amides is 1. The highest BCUT2D eigenvalue weighted by Gasteiger charge is 2.16. The molecule has 5 nitrogen and oxygen atoms in total. The van der Waals surface area contributed by atoms with Gasteiger partial charge in [0.25, 0.3) is 5.91 Å². The molecule has 25 heavy (non-hydrogen) atoms. The summed E-state index contributed by atoms with van der Waals surface area (Å²) in [6.45, 7) is 1.82. The molecular weight excluding hydrogens is 336 g/mol. The fraction of sp³-hybridized carbons (Fsp3) is 0.105. The first-order chi connectivity index (χ1) is 12.1. The van der Waals surface area contributed by atoms with Gasteiger partial charge in [-0.2, -0.15) is 5.26 Å². The molecule has 0 aliphatic carbocycles. The number of nitriles is 1. The quantitative estimate of drug-likeness (QED) is 0.551. The standard InChI is InChI=1S/C19H15ClN4O/c1-12(15-5-2-3-7-17(15)20)24-19(25)13(10-21)9-14-11-23-18-16(14)6-4-8-22-18/h2-9,11-12H,1H3,(H,22,23)(H,24,25)/b13-9+/t12-/m1/s1. The second kappa shape index (κ2) is 7.20. The summed E-state index contributed by atoms with van der Waals surface area (Å²) in [4.78, 5) is 19.7. The number of hydrogen-bond acceptors (Lipinski definition) is 3. The van der Waals surface area contributed by atoms with Crippen molar-refractivity contribution in [3.63, 3.8) is 0 Å². The number of H-pyrrole nitrogens is 1. The number of halogens is 1. The van der Waals surface area contributed by atoms with Gasteiger partial charge in [-0.05, 0) is 36.8 Å². The largest absolute Gasteiger partial charge is 0.346 e. The van der Waals surface area contributed by atoms with Crippen LogP contribution >= 0.6 is 11.6 Å². The van der Waals surface area contributed by atoms with Crippen LogP contribution in [0.5, 0.6) is 0 Å². The fourth-order valence-electron chi connectivity index (χ4n) is 2.58. The summed E-state index contributed by atoms with van der Waals surface area (Å²) in [6, 6.07) is 12.6. The molecular formula is C19H15ClN4O. The Hall–Kier alpha value is -3.10. The van der Waals surface area contributed by atoms with E-state index in [4.69, 9.17) is 11.6 Å². The van der Waals surface area contributed by atoms with E-state index in [1.807, 2.05) is 37.3 Å². The zero-order valence-corrected chi connectivity index (χ0v) is 14.2. The van der Waals surface area contributed by atoms with E-state index in [1.165, 1.54) is 0 Å². The molecule has 0 saturated heterocycles. The molecule has 1 amide bonds. The molecule has 3 rings (SSSR count). The first kappa shape index (κ1) is 16.7. The van der Waals surface area contributed by atoms with E-state index in [0.29, 0.717) is 10.7 Å². The van der Waals surface area contributed by atoms with Crippen molar-refractivity contribution in [2.75, 3.05) is 0 Å². The maximum Gasteiger partial charge on any atom is 0.262 e. The highest BCUT2D eigenvalue weighted by molar-refractivity contribution is 6.31. The summed E-state index contributed by atoms with van der Waals surface area (Å²) in [6.07, 6.45) is 4.95. The SMILES string of the molecule is C[C@@H](NC(=O)/C(C#N)=C/c1c[nH]c2ncccc12)c1ccccc1Cl. The molecule has 0 radical (unpaired) electrons. The number of carbonyl (C=O) groups excluding carboxylic acids is 1. The maximum atomic E-state index is 12.5. The lowest BCUT2D eigenvalue weighted by atomic mass is 10.1. The van der Waals surface area contributed by atoms with Crippen LogP contribution in [0.2, 0.25) is 5.02 Å². The molecule has 2 N–H and O–H groups in total. The Kier molecular flexibility index (Phi) is 4.82. The predicted molar refractivity (Wildman–Crippen MR) is 97.7 cm³/mol. The summed E-state index contributed by atoms with van der Waals surface area (Å²) >= 11 is 6.15. The highest BCUT2D eigenvalue weighted by atomic mass is 35.5. The van der Waals surface area contributed by atoms with Crippen LogP contribution in [-0.2, 0) is 4.79 Å². The van der Waals surface area contributed by atoms with Crippen LogP contribution in [0.4, 0.5) is 0 Å². The minimum absolute atomic E-state index is 0.0173. The molecule has 2 aromatic heterocycles. The van der Waals surface area contributed by atoms with Gasteiger partial charge in [-0.15, -0.1) is 0 Å². The van der Waals surface area contributed by atoms with Gasteiger partial charge in [0.05, 0.1) is 6.04 Å². The van der Waals surface area contributed by atoms with Crippen molar-refractivity contribution in [2.24, 2.45) is 0 Å². The van der Waals surface area contributed by atoms with Gasteiger partial charge in [0.15, 0.2) is 0 Å². The van der Waals surface area contributed by atoms with Crippen molar-refractivity contribution < 1.29 is 4.79 Å². The van der Waals surface area contributed by atoms with Gasteiger partial charge in [0.1, 0.15) is 17.3 Å². The number of nitrogens with one attached hydrogen (secondary N) is 2. The van der Waals surface area contributed by atoms with E-state index in [9.17, 15) is 10.1 Å². The van der Waals surface area contributed by atoms with Crippen LogP contribution in [0.15, 0.2) is 54.4 Å². The third-order valence-corrected chi connectivity index (χ3v) is 4.21. The third-order valence-electron chi connectivity index (χ3n) is 3.87. The molecule has 3 aromatic rings. The minimum atomic E-state index is -0.451. The Morgan fingerprint density at radius 3 is 2.92 bits per heavy atom. The normalized spacial score (nSPS) is 12.6. The summed E-state index contributed by atoms with van der Waals surface area (Å²) in [5.74, 6) is -0.451. The van der Waals surface area contributed by atoms with Crippen LogP contribution in [0.1, 0.15) is 24.1 Å². The molecule has 0 fully saturated rings. The van der Waals surface area contributed by atoms with E-state index in [1.54, 1.807) is 30.6 Å². The average molecular weight is 351 g/mol. The van der Waals surface area contributed by atoms with Gasteiger partial charge in [-0.25, -0.2) is 4.98 Å². The van der Waals surface area contributed by atoms with Crippen LogP contribution < -0.4 is 5.32 Å². The van der Waals surface area contributed by atoms with Crippen molar-refractivity contribution in [3.05, 3.63) is 70.5 Å². The maximum absolute atomic E-state index is 12.5. The second-order valence-electron chi connectivity index (χ2n) is 5.53. The van der Waals surface area contributed by atoms with E-state index in [-0.39, 0.29) is 11.6 Å². The highest BCUT2D eigenvalue weighted by Crippen LogP contribution is 2.23. The topological polar surface area (TPSA) is 81.6 Å². The summed E-state index contributed by atoms with van der Waals surface area (Å²) < 4.78 is 0. The van der Waals surface area contributed by atoms with E-state index >= 15 is 0 Å². The smallest absolute Gasteiger partial charge is 0.262 e. The summed E-state index contributed by atoms with van der Waals surface area (Å²) in [5.41, 5.74) is 2.26. The number of rotatable bonds is 4. The number of nitrogens with zero attached hydrogens (tertiary/aromatic N) is 2. The van der Waals surface area contributed by atoms with Gasteiger partial charge in [-0.3, -0.25) is 4.79 Å². The molecule has 124 valence electrons. The van der Waals surface area contributed by atoms with Crippen molar-refractivity contribution in [3.8, 4) is 6.07 Å². The van der Waals surface area contributed by atoms with Gasteiger partial charge >= 0.3 is 0 Å². The Morgan fingerprint density at radius 1 is 1.36 bits per heavy atom. The van der Waals surface area contributed by atoms with E-state index in [0.717, 1.165) is 16.5 Å². The first-order valence-corrected chi connectivity index (χ1v) is 8.07. The average Bonchev–Trinajstić information content (AvgIpc) is 3.02. The molecule has 0 bridgehead atoms. The second-order valence-corrected chi connectivity index (χ2v) is 5.94. The number of fused-ring (bicyclic) bond motifs is 1. The third kappa shape index (κ3) is 3.54. The summed E-state index contributed by atoms with van der Waals surface area (Å²) in [5, 5.41) is 13.6. The molecule has 2 heterocycles. The lowest BCUT2D eigenvalue weighted by molar-refractivity contribution is -0.117. The molecule has 0 saturated carbocycles. The molecule has 0 aliphatic heterocycles. The van der Waals surface area contributed by atoms with Crippen molar-refractivity contribution in [1.82, 2.24) is 15.3 Å². The van der Waals surface area contributed by atoms with Gasteiger partial charge in [0, 0.05) is 28.4 Å². The molecule has 6 heteroatoms. The Labute approximate surface area is 150 Å². The predicted octanol–water partition coefficient (Wildman–Crippen LogP) is 4.00. The van der Waals surface area contributed by atoms with Gasteiger partial charge < -0.3 is 10.3 Å². The molecule has 0 spiro atoms. The van der Waals surface area contributed by atoms with Gasteiger partial charge in [0.2, 0.25) is 0 Å². The zero-order valence-electron chi connectivity index (χ0n) is 13.5. The number of carbonyl (C=O) groups is 1. The Bertz CT molecular complexity index is 1000. The minimum Gasteiger partial charge on any atom is -0.346 e. The summed E-state index contributed by atoms with van der Waals surface area (Å²) in [7, 11) is 0.